The zero-order valence-corrected chi connectivity index (χ0v) is 17.6. The van der Waals surface area contributed by atoms with E-state index in [2.05, 4.69) is 5.32 Å². The third-order valence-electron chi connectivity index (χ3n) is 4.69. The molecule has 1 heterocycles. The molecule has 1 N–H and O–H groups in total. The maximum Gasteiger partial charge on any atom is 0.258 e. The van der Waals surface area contributed by atoms with Gasteiger partial charge in [0.1, 0.15) is 17.4 Å². The van der Waals surface area contributed by atoms with Crippen LogP contribution in [0.2, 0.25) is 0 Å². The number of nitrogens with zero attached hydrogens (tertiary/aromatic N) is 1. The number of halogens is 2. The molecule has 0 atom stereocenters. The highest BCUT2D eigenvalue weighted by Crippen LogP contribution is 2.31. The van der Waals surface area contributed by atoms with Gasteiger partial charge in [-0.05, 0) is 57.0 Å². The van der Waals surface area contributed by atoms with Crippen LogP contribution in [0.1, 0.15) is 43.5 Å². The smallest absolute Gasteiger partial charge is 0.258 e. The van der Waals surface area contributed by atoms with Gasteiger partial charge in [-0.25, -0.2) is 17.2 Å². The molecule has 0 spiro atoms. The van der Waals surface area contributed by atoms with Gasteiger partial charge in [-0.3, -0.25) is 4.79 Å². The summed E-state index contributed by atoms with van der Waals surface area (Å²) in [6, 6.07) is 6.81. The summed E-state index contributed by atoms with van der Waals surface area (Å²) in [6.45, 7) is 4.44. The first kappa shape index (κ1) is 22.2. The first-order valence-electron chi connectivity index (χ1n) is 9.76. The maximum absolute atomic E-state index is 14.0. The molecule has 30 heavy (non-hydrogen) atoms. The average Bonchev–Trinajstić information content (AvgIpc) is 2.69. The van der Waals surface area contributed by atoms with Gasteiger partial charge in [0.05, 0.1) is 22.3 Å². The zero-order chi connectivity index (χ0) is 21.9. The highest BCUT2D eigenvalue weighted by Gasteiger charge is 2.27. The van der Waals surface area contributed by atoms with Crippen molar-refractivity contribution >= 4 is 21.6 Å². The Morgan fingerprint density at radius 2 is 1.77 bits per heavy atom. The molecule has 0 aromatic heterocycles. The number of anilines is 1. The first-order chi connectivity index (χ1) is 14.2. The van der Waals surface area contributed by atoms with E-state index in [-0.39, 0.29) is 28.0 Å². The lowest BCUT2D eigenvalue weighted by Gasteiger charge is -2.26. The molecule has 0 bridgehead atoms. The summed E-state index contributed by atoms with van der Waals surface area (Å²) in [6.07, 6.45) is 2.33. The lowest BCUT2D eigenvalue weighted by molar-refractivity contribution is 0.102. The van der Waals surface area contributed by atoms with E-state index in [1.807, 2.05) is 0 Å². The van der Waals surface area contributed by atoms with Crippen molar-refractivity contribution in [3.8, 4) is 5.75 Å². The number of amides is 1. The van der Waals surface area contributed by atoms with Crippen LogP contribution in [-0.2, 0) is 10.0 Å². The summed E-state index contributed by atoms with van der Waals surface area (Å²) in [5, 5.41) is 2.50. The fraction of sp³-hybridized carbons (Fsp3) is 0.381. The van der Waals surface area contributed by atoms with Crippen molar-refractivity contribution in [2.24, 2.45) is 0 Å². The molecule has 1 amide bonds. The second kappa shape index (κ2) is 9.09. The van der Waals surface area contributed by atoms with Crippen molar-refractivity contribution in [2.75, 3.05) is 18.4 Å². The van der Waals surface area contributed by atoms with Gasteiger partial charge in [-0.1, -0.05) is 6.42 Å². The summed E-state index contributed by atoms with van der Waals surface area (Å²) in [7, 11) is -3.74. The van der Waals surface area contributed by atoms with Crippen LogP contribution < -0.4 is 10.1 Å². The Balaban J connectivity index is 1.96. The van der Waals surface area contributed by atoms with Gasteiger partial charge in [0.25, 0.3) is 5.91 Å². The van der Waals surface area contributed by atoms with Crippen LogP contribution in [0, 0.1) is 11.6 Å². The van der Waals surface area contributed by atoms with Crippen LogP contribution in [0.5, 0.6) is 5.75 Å². The highest BCUT2D eigenvalue weighted by atomic mass is 32.2. The number of hydrogen-bond acceptors (Lipinski definition) is 4. The number of hydrogen-bond donors (Lipinski definition) is 1. The Hall–Kier alpha value is -2.52. The largest absolute Gasteiger partial charge is 0.489 e. The minimum absolute atomic E-state index is 0.00961. The summed E-state index contributed by atoms with van der Waals surface area (Å²) < 4.78 is 60.2. The third kappa shape index (κ3) is 4.96. The van der Waals surface area contributed by atoms with E-state index < -0.39 is 27.6 Å². The molecule has 162 valence electrons. The van der Waals surface area contributed by atoms with E-state index >= 15 is 0 Å². The summed E-state index contributed by atoms with van der Waals surface area (Å²) in [5.74, 6) is -2.41. The molecular formula is C21H24F2N2O4S. The van der Waals surface area contributed by atoms with Crippen molar-refractivity contribution in [1.29, 1.82) is 0 Å². The van der Waals surface area contributed by atoms with Gasteiger partial charge in [0.2, 0.25) is 10.0 Å². The monoisotopic (exact) mass is 438 g/mol. The van der Waals surface area contributed by atoms with Gasteiger partial charge in [0.15, 0.2) is 0 Å². The predicted octanol–water partition coefficient (Wildman–Crippen LogP) is 4.18. The molecule has 0 saturated carbocycles. The molecule has 0 unspecified atom stereocenters. The van der Waals surface area contributed by atoms with Gasteiger partial charge < -0.3 is 10.1 Å². The maximum atomic E-state index is 14.0. The SMILES string of the molecule is CC(C)Oc1ccc(S(=O)(=O)N2CCCCC2)cc1NC(=O)c1ccc(F)cc1F. The van der Waals surface area contributed by atoms with Crippen LogP contribution in [0.15, 0.2) is 41.3 Å². The summed E-state index contributed by atoms with van der Waals surface area (Å²) in [4.78, 5) is 12.6. The van der Waals surface area contributed by atoms with Gasteiger partial charge in [0, 0.05) is 19.2 Å². The number of ether oxygens (including phenoxy) is 1. The number of carbonyl (C=O) groups excluding carboxylic acids is 1. The van der Waals surface area contributed by atoms with Crippen LogP contribution in [-0.4, -0.2) is 37.8 Å². The molecule has 1 aliphatic rings. The van der Waals surface area contributed by atoms with Crippen LogP contribution >= 0.6 is 0 Å². The van der Waals surface area contributed by atoms with E-state index in [4.69, 9.17) is 4.74 Å². The van der Waals surface area contributed by atoms with Gasteiger partial charge >= 0.3 is 0 Å². The van der Waals surface area contributed by atoms with Gasteiger partial charge in [-0.15, -0.1) is 0 Å². The number of piperidine rings is 1. The van der Waals surface area contributed by atoms with Crippen LogP contribution in [0.25, 0.3) is 0 Å². The summed E-state index contributed by atoms with van der Waals surface area (Å²) >= 11 is 0. The molecule has 1 aliphatic heterocycles. The number of rotatable bonds is 6. The Morgan fingerprint density at radius 3 is 2.40 bits per heavy atom. The molecule has 1 fully saturated rings. The Kier molecular flexibility index (Phi) is 6.72. The van der Waals surface area contributed by atoms with Crippen LogP contribution in [0.4, 0.5) is 14.5 Å². The van der Waals surface area contributed by atoms with Crippen molar-refractivity contribution in [3.05, 3.63) is 53.6 Å². The number of carbonyl (C=O) groups is 1. The van der Waals surface area contributed by atoms with Gasteiger partial charge in [-0.2, -0.15) is 4.31 Å². The number of benzene rings is 2. The Bertz CT molecular complexity index is 1040. The topological polar surface area (TPSA) is 75.7 Å². The molecule has 6 nitrogen and oxygen atoms in total. The third-order valence-corrected chi connectivity index (χ3v) is 6.59. The van der Waals surface area contributed by atoms with Crippen molar-refractivity contribution < 1.29 is 26.7 Å². The minimum Gasteiger partial charge on any atom is -0.489 e. The molecule has 1 saturated heterocycles. The first-order valence-corrected chi connectivity index (χ1v) is 11.2. The predicted molar refractivity (Wildman–Crippen MR) is 109 cm³/mol. The van der Waals surface area contributed by atoms with Crippen molar-refractivity contribution in [2.45, 2.75) is 44.1 Å². The van der Waals surface area contributed by atoms with Crippen molar-refractivity contribution in [1.82, 2.24) is 4.31 Å². The van der Waals surface area contributed by atoms with Crippen LogP contribution in [0.3, 0.4) is 0 Å². The van der Waals surface area contributed by atoms with E-state index in [0.29, 0.717) is 19.2 Å². The lowest BCUT2D eigenvalue weighted by atomic mass is 10.2. The molecule has 9 heteroatoms. The minimum atomic E-state index is -3.74. The van der Waals surface area contributed by atoms with E-state index in [0.717, 1.165) is 31.4 Å². The summed E-state index contributed by atoms with van der Waals surface area (Å²) in [5.41, 5.74) is -0.272. The molecule has 0 radical (unpaired) electrons. The highest BCUT2D eigenvalue weighted by molar-refractivity contribution is 7.89. The standard InChI is InChI=1S/C21H24F2N2O4S/c1-14(2)29-20-9-7-16(30(27,28)25-10-4-3-5-11-25)13-19(20)24-21(26)17-8-6-15(22)12-18(17)23/h6-9,12-14H,3-5,10-11H2,1-2H3,(H,24,26). The normalized spacial score (nSPS) is 15.2. The average molecular weight is 438 g/mol. The molecule has 2 aromatic carbocycles. The second-order valence-electron chi connectivity index (χ2n) is 7.37. The molecule has 0 aliphatic carbocycles. The van der Waals surface area contributed by atoms with Crippen molar-refractivity contribution in [3.63, 3.8) is 0 Å². The molecule has 2 aromatic rings. The molecule has 3 rings (SSSR count). The fourth-order valence-electron chi connectivity index (χ4n) is 3.24. The lowest BCUT2D eigenvalue weighted by Crippen LogP contribution is -2.35. The van der Waals surface area contributed by atoms with E-state index in [1.165, 1.54) is 22.5 Å². The molecular weight excluding hydrogens is 414 g/mol. The Morgan fingerprint density at radius 1 is 1.07 bits per heavy atom. The van der Waals surface area contributed by atoms with E-state index in [9.17, 15) is 22.0 Å². The Labute approximate surface area is 174 Å². The fourth-order valence-corrected chi connectivity index (χ4v) is 4.79. The second-order valence-corrected chi connectivity index (χ2v) is 9.31. The number of nitrogens with one attached hydrogen (secondary N) is 1. The number of sulfonamides is 1. The zero-order valence-electron chi connectivity index (χ0n) is 16.8. The quantitative estimate of drug-likeness (QED) is 0.734. The van der Waals surface area contributed by atoms with E-state index in [1.54, 1.807) is 13.8 Å².